The fourth-order valence-corrected chi connectivity index (χ4v) is 3.16. The number of fused-ring (bicyclic) bond motifs is 1. The maximum absolute atomic E-state index is 12.5. The van der Waals surface area contributed by atoms with E-state index in [0.29, 0.717) is 0 Å². The van der Waals surface area contributed by atoms with Crippen molar-refractivity contribution in [3.05, 3.63) is 23.8 Å². The van der Waals surface area contributed by atoms with Crippen LogP contribution in [0.1, 0.15) is 45.0 Å². The summed E-state index contributed by atoms with van der Waals surface area (Å²) >= 11 is 0. The molecule has 8 nitrogen and oxygen atoms in total. The van der Waals surface area contributed by atoms with Crippen LogP contribution < -0.4 is 9.64 Å². The second-order valence-electron chi connectivity index (χ2n) is 8.50. The number of alkyl halides is 3. The van der Waals surface area contributed by atoms with Crippen molar-refractivity contribution in [1.82, 2.24) is 0 Å². The van der Waals surface area contributed by atoms with E-state index in [-0.39, 0.29) is 11.3 Å². The number of aliphatic hydroxyl groups is 1. The molecule has 0 spiro atoms. The number of epoxide rings is 1. The first kappa shape index (κ1) is 23.5. The molecule has 1 N–H and O–H groups in total. The van der Waals surface area contributed by atoms with Gasteiger partial charge in [0.25, 0.3) is 11.7 Å². The lowest BCUT2D eigenvalue weighted by Crippen LogP contribution is -2.42. The van der Waals surface area contributed by atoms with Crippen molar-refractivity contribution in [2.45, 2.75) is 72.0 Å². The molecule has 0 bridgehead atoms. The van der Waals surface area contributed by atoms with Gasteiger partial charge in [0, 0.05) is 5.41 Å². The number of hydrogen-bond donors (Lipinski definition) is 1. The van der Waals surface area contributed by atoms with Gasteiger partial charge in [-0.2, -0.15) is 0 Å². The molecule has 0 aliphatic carbocycles. The lowest BCUT2D eigenvalue weighted by Gasteiger charge is -2.28. The molecule has 2 aliphatic heterocycles. The molecule has 0 saturated carbocycles. The molecule has 2 aliphatic rings. The summed E-state index contributed by atoms with van der Waals surface area (Å²) < 4.78 is 57.5. The molecule has 5 atom stereocenters. The molecule has 2 heterocycles. The fourth-order valence-electron chi connectivity index (χ4n) is 3.16. The number of aliphatic hydroxyl groups excluding tert-OH is 1. The van der Waals surface area contributed by atoms with Gasteiger partial charge < -0.3 is 24.1 Å². The van der Waals surface area contributed by atoms with Gasteiger partial charge >= 0.3 is 6.36 Å². The molecule has 11 heteroatoms. The van der Waals surface area contributed by atoms with Crippen molar-refractivity contribution >= 4 is 17.4 Å². The van der Waals surface area contributed by atoms with Crippen molar-refractivity contribution < 1.29 is 46.8 Å². The van der Waals surface area contributed by atoms with Crippen LogP contribution in [0, 0.1) is 5.41 Å². The van der Waals surface area contributed by atoms with Crippen LogP contribution in [0.5, 0.6) is 5.75 Å². The number of ether oxygens (including phenoxy) is 4. The quantitative estimate of drug-likeness (QED) is 0.390. The zero-order chi connectivity index (χ0) is 23.3. The van der Waals surface area contributed by atoms with E-state index in [1.54, 1.807) is 34.6 Å². The highest BCUT2D eigenvalue weighted by Crippen LogP contribution is 2.39. The van der Waals surface area contributed by atoms with Gasteiger partial charge in [-0.05, 0) is 32.0 Å². The molecular weight excluding hydrogens is 423 g/mol. The monoisotopic (exact) mass is 447 g/mol. The summed E-state index contributed by atoms with van der Waals surface area (Å²) in [5.74, 6) is -2.40. The molecule has 172 valence electrons. The molecule has 1 fully saturated rings. The number of Topliss-reactive ketones (excluding diaryl/α,β-unsaturated/α-hetero) is 1. The standard InChI is InChI=1S/C20H24F3NO7/c1-9(15-17(30-15)28-10(2)29-18(27)19(3,4)5)24-13-7-6-11(31-20(21,22)23)8-12(13)14(25)16(24)26/h6-10,15,17-18,27H,1-5H3. The Hall–Kier alpha value is -2.21. The summed E-state index contributed by atoms with van der Waals surface area (Å²) in [5.41, 5.74) is -0.532. The van der Waals surface area contributed by atoms with Crippen LogP contribution in [0.25, 0.3) is 0 Å². The number of carbonyl (C=O) groups excluding carboxylic acids is 2. The first-order valence-electron chi connectivity index (χ1n) is 9.61. The Morgan fingerprint density at radius 1 is 1.16 bits per heavy atom. The van der Waals surface area contributed by atoms with Crippen molar-refractivity contribution in [1.29, 1.82) is 0 Å². The minimum atomic E-state index is -4.92. The zero-order valence-electron chi connectivity index (χ0n) is 17.6. The second-order valence-corrected chi connectivity index (χ2v) is 8.50. The van der Waals surface area contributed by atoms with E-state index in [1.807, 2.05) is 0 Å². The molecule has 0 radical (unpaired) electrons. The Balaban J connectivity index is 1.67. The Labute approximate surface area is 176 Å². The third kappa shape index (κ3) is 5.17. The van der Waals surface area contributed by atoms with Crippen molar-refractivity contribution in [2.24, 2.45) is 5.41 Å². The highest BCUT2D eigenvalue weighted by molar-refractivity contribution is 6.52. The highest BCUT2D eigenvalue weighted by Gasteiger charge is 2.52. The molecule has 3 rings (SSSR count). The van der Waals surface area contributed by atoms with Crippen LogP contribution >= 0.6 is 0 Å². The summed E-state index contributed by atoms with van der Waals surface area (Å²) in [4.78, 5) is 25.9. The molecule has 5 unspecified atom stereocenters. The van der Waals surface area contributed by atoms with Gasteiger partial charge in [0.15, 0.2) is 18.9 Å². The SMILES string of the molecule is CC(OC1OC1C(C)N1C(=O)C(=O)c2cc(OC(F)(F)F)ccc21)OC(O)C(C)(C)C. The van der Waals surface area contributed by atoms with Crippen LogP contribution in [-0.4, -0.2) is 54.2 Å². The van der Waals surface area contributed by atoms with Crippen LogP contribution in [0.15, 0.2) is 18.2 Å². The topological polar surface area (TPSA) is 97.8 Å². The van der Waals surface area contributed by atoms with Crippen LogP contribution in [0.4, 0.5) is 18.9 Å². The van der Waals surface area contributed by atoms with Gasteiger partial charge in [-0.3, -0.25) is 14.5 Å². The molecular formula is C20H24F3NO7. The maximum atomic E-state index is 12.5. The number of benzene rings is 1. The molecule has 1 aromatic rings. The van der Waals surface area contributed by atoms with Gasteiger partial charge in [0.1, 0.15) is 11.9 Å². The van der Waals surface area contributed by atoms with Crippen molar-refractivity contribution in [3.63, 3.8) is 0 Å². The first-order chi connectivity index (χ1) is 14.2. The Morgan fingerprint density at radius 3 is 2.39 bits per heavy atom. The zero-order valence-corrected chi connectivity index (χ0v) is 17.6. The normalized spacial score (nSPS) is 24.1. The van der Waals surface area contributed by atoms with E-state index in [4.69, 9.17) is 14.2 Å². The first-order valence-corrected chi connectivity index (χ1v) is 9.61. The minimum absolute atomic E-state index is 0.165. The van der Waals surface area contributed by atoms with Crippen LogP contribution in [-0.2, 0) is 19.0 Å². The summed E-state index contributed by atoms with van der Waals surface area (Å²) in [7, 11) is 0. The molecule has 1 amide bonds. The number of anilines is 1. The highest BCUT2D eigenvalue weighted by atomic mass is 19.4. The lowest BCUT2D eigenvalue weighted by molar-refractivity contribution is -0.274. The average molecular weight is 447 g/mol. The van der Waals surface area contributed by atoms with E-state index >= 15 is 0 Å². The number of hydrogen-bond acceptors (Lipinski definition) is 7. The van der Waals surface area contributed by atoms with Crippen molar-refractivity contribution in [3.8, 4) is 5.75 Å². The molecule has 31 heavy (non-hydrogen) atoms. The summed E-state index contributed by atoms with van der Waals surface area (Å²) in [6.45, 7) is 8.59. The average Bonchev–Trinajstić information content (AvgIpc) is 3.33. The molecule has 1 saturated heterocycles. The van der Waals surface area contributed by atoms with Crippen LogP contribution in [0.3, 0.4) is 0 Å². The van der Waals surface area contributed by atoms with E-state index in [9.17, 15) is 27.9 Å². The minimum Gasteiger partial charge on any atom is -0.406 e. The number of amides is 1. The van der Waals surface area contributed by atoms with E-state index in [1.165, 1.54) is 11.0 Å². The fraction of sp³-hybridized carbons (Fsp3) is 0.600. The smallest absolute Gasteiger partial charge is 0.406 e. The van der Waals surface area contributed by atoms with Crippen LogP contribution in [0.2, 0.25) is 0 Å². The van der Waals surface area contributed by atoms with Crippen molar-refractivity contribution in [2.75, 3.05) is 4.90 Å². The third-order valence-electron chi connectivity index (χ3n) is 4.87. The molecule has 1 aromatic carbocycles. The predicted octanol–water partition coefficient (Wildman–Crippen LogP) is 2.97. The maximum Gasteiger partial charge on any atom is 0.573 e. The summed E-state index contributed by atoms with van der Waals surface area (Å²) in [6.07, 6.45) is -8.13. The molecule has 0 aromatic heterocycles. The number of halogens is 3. The number of nitrogens with zero attached hydrogens (tertiary/aromatic N) is 1. The van der Waals surface area contributed by atoms with Gasteiger partial charge in [0.05, 0.1) is 17.3 Å². The summed E-state index contributed by atoms with van der Waals surface area (Å²) in [6, 6.07) is 2.50. The van der Waals surface area contributed by atoms with E-state index in [2.05, 4.69) is 4.74 Å². The summed E-state index contributed by atoms with van der Waals surface area (Å²) in [5, 5.41) is 9.99. The van der Waals surface area contributed by atoms with Gasteiger partial charge in [-0.1, -0.05) is 20.8 Å². The largest absolute Gasteiger partial charge is 0.573 e. The number of carbonyl (C=O) groups is 2. The van der Waals surface area contributed by atoms with Gasteiger partial charge in [-0.25, -0.2) is 0 Å². The third-order valence-corrected chi connectivity index (χ3v) is 4.87. The number of ketones is 1. The Bertz CT molecular complexity index is 867. The Kier molecular flexibility index (Phi) is 6.09. The Morgan fingerprint density at radius 2 is 1.81 bits per heavy atom. The van der Waals surface area contributed by atoms with Gasteiger partial charge in [0.2, 0.25) is 0 Å². The van der Waals surface area contributed by atoms with Gasteiger partial charge in [-0.15, -0.1) is 13.2 Å². The lowest BCUT2D eigenvalue weighted by atomic mass is 9.96. The van der Waals surface area contributed by atoms with E-state index < -0.39 is 60.2 Å². The number of rotatable bonds is 7. The second kappa shape index (κ2) is 8.05. The van der Waals surface area contributed by atoms with E-state index in [0.717, 1.165) is 12.1 Å². The predicted molar refractivity (Wildman–Crippen MR) is 100 cm³/mol.